The van der Waals surface area contributed by atoms with Gasteiger partial charge in [0.05, 0.1) is 27.6 Å². The zero-order chi connectivity index (χ0) is 35.6. The molecule has 51 heavy (non-hydrogen) atoms. The number of benzene rings is 2. The van der Waals surface area contributed by atoms with Crippen LogP contribution in [-0.2, 0) is 18.9 Å². The predicted molar refractivity (Wildman–Crippen MR) is 211 cm³/mol. The number of hydrogen-bond donors (Lipinski definition) is 2. The van der Waals surface area contributed by atoms with Crippen molar-refractivity contribution >= 4 is 64.3 Å². The molecule has 0 bridgehead atoms. The molecule has 2 aromatic carbocycles. The van der Waals surface area contributed by atoms with Gasteiger partial charge in [-0.3, -0.25) is 24.1 Å². The highest BCUT2D eigenvalue weighted by Crippen LogP contribution is 2.48. The summed E-state index contributed by atoms with van der Waals surface area (Å²) in [5.74, 6) is 3.18. The maximum absolute atomic E-state index is 12.2. The molecule has 0 saturated carbocycles. The molecule has 1 amide bonds. The largest absolute Gasteiger partial charge is 0.369 e. The molecule has 2 atom stereocenters. The van der Waals surface area contributed by atoms with Crippen LogP contribution in [0.15, 0.2) is 85.2 Å². The number of amides is 1. The minimum atomic E-state index is -0.0353. The Labute approximate surface area is 315 Å². The summed E-state index contributed by atoms with van der Waals surface area (Å²) in [6.45, 7) is 5.08. The molecule has 0 aliphatic carbocycles. The first-order valence-electron chi connectivity index (χ1n) is 16.4. The molecular formula is C38H36Cl2N8OS2. The lowest BCUT2D eigenvalue weighted by Gasteiger charge is -2.18. The Morgan fingerprint density at radius 1 is 0.725 bits per heavy atom. The van der Waals surface area contributed by atoms with E-state index in [2.05, 4.69) is 38.7 Å². The smallest absolute Gasteiger partial charge is 0.235 e. The van der Waals surface area contributed by atoms with Crippen LogP contribution in [0.5, 0.6) is 0 Å². The van der Waals surface area contributed by atoms with Crippen molar-refractivity contribution in [3.63, 3.8) is 0 Å². The van der Waals surface area contributed by atoms with Crippen molar-refractivity contribution < 1.29 is 4.79 Å². The van der Waals surface area contributed by atoms with Crippen molar-refractivity contribution in [3.05, 3.63) is 129 Å². The molecule has 2 N–H and O–H groups in total. The van der Waals surface area contributed by atoms with Crippen molar-refractivity contribution in [3.8, 4) is 22.8 Å². The van der Waals surface area contributed by atoms with E-state index >= 15 is 0 Å². The van der Waals surface area contributed by atoms with Gasteiger partial charge in [0, 0.05) is 60.0 Å². The molecule has 0 spiro atoms. The molecule has 2 aliphatic heterocycles. The molecule has 6 heterocycles. The van der Waals surface area contributed by atoms with E-state index in [1.165, 1.54) is 16.7 Å². The van der Waals surface area contributed by atoms with Gasteiger partial charge in [0.2, 0.25) is 5.91 Å². The van der Waals surface area contributed by atoms with Crippen molar-refractivity contribution in [2.75, 3.05) is 28.7 Å². The Morgan fingerprint density at radius 2 is 1.25 bits per heavy atom. The topological polar surface area (TPSA) is 103 Å². The fourth-order valence-corrected chi connectivity index (χ4v) is 9.48. The highest BCUT2D eigenvalue weighted by atomic mass is 35.5. The number of aromatic nitrogens is 6. The van der Waals surface area contributed by atoms with Gasteiger partial charge in [-0.15, -0.1) is 23.5 Å². The van der Waals surface area contributed by atoms with E-state index in [0.29, 0.717) is 10.8 Å². The Balaban J connectivity index is 0.000000159. The van der Waals surface area contributed by atoms with Crippen LogP contribution in [-0.4, -0.2) is 53.5 Å². The number of rotatable bonds is 4. The van der Waals surface area contributed by atoms with Gasteiger partial charge in [-0.25, -0.2) is 0 Å². The Kier molecular flexibility index (Phi) is 10.4. The number of aryl methyl sites for hydroxylation is 4. The summed E-state index contributed by atoms with van der Waals surface area (Å²) in [6.07, 6.45) is 3.57. The maximum atomic E-state index is 12.2. The number of anilines is 2. The molecule has 0 fully saturated rings. The molecule has 4 aromatic heterocycles. The highest BCUT2D eigenvalue weighted by molar-refractivity contribution is 8.00. The van der Waals surface area contributed by atoms with Crippen LogP contribution in [0.25, 0.3) is 22.8 Å². The van der Waals surface area contributed by atoms with Gasteiger partial charge in [0.15, 0.2) is 0 Å². The van der Waals surface area contributed by atoms with Crippen LogP contribution in [0.3, 0.4) is 0 Å². The first kappa shape index (κ1) is 35.1. The summed E-state index contributed by atoms with van der Waals surface area (Å²) >= 11 is 15.8. The Bertz CT molecular complexity index is 2210. The highest BCUT2D eigenvalue weighted by Gasteiger charge is 2.33. The standard InChI is InChI=1S/C19H17ClN4OS.C19H19ClN4S/c1-11-9-12(20)6-7-13(11)18-16-17(14-5-3-4-8-21-14)23-24(2)19(16)22-15(25)10-26-18;1-12-11-13(20)6-7-14(12)18-16-17(15-5-3-4-8-21-15)23-24(2)19(16)22-9-10-25-18/h3-9,18H,10H2,1-2H3,(H,22,25);3-8,11,18,22H,9-10H2,1-2H3. The minimum absolute atomic E-state index is 0.0269. The van der Waals surface area contributed by atoms with Gasteiger partial charge in [0.1, 0.15) is 23.0 Å². The Morgan fingerprint density at radius 3 is 1.78 bits per heavy atom. The van der Waals surface area contributed by atoms with E-state index in [1.807, 2.05) is 110 Å². The van der Waals surface area contributed by atoms with Crippen LogP contribution in [0.1, 0.15) is 43.9 Å². The number of halogens is 2. The number of carbonyl (C=O) groups is 1. The summed E-state index contributed by atoms with van der Waals surface area (Å²) in [5.41, 5.74) is 10.3. The molecule has 0 saturated heterocycles. The molecule has 0 radical (unpaired) electrons. The van der Waals surface area contributed by atoms with E-state index < -0.39 is 0 Å². The monoisotopic (exact) mass is 754 g/mol. The van der Waals surface area contributed by atoms with Crippen LogP contribution in [0.2, 0.25) is 10.0 Å². The van der Waals surface area contributed by atoms with Crippen LogP contribution < -0.4 is 10.6 Å². The maximum Gasteiger partial charge on any atom is 0.235 e. The summed E-state index contributed by atoms with van der Waals surface area (Å²) in [6, 6.07) is 23.7. The van der Waals surface area contributed by atoms with Gasteiger partial charge in [-0.2, -0.15) is 10.2 Å². The fourth-order valence-electron chi connectivity index (χ4n) is 6.52. The third kappa shape index (κ3) is 7.26. The van der Waals surface area contributed by atoms with Crippen LogP contribution >= 0.6 is 46.7 Å². The lowest BCUT2D eigenvalue weighted by molar-refractivity contribution is -0.113. The van der Waals surface area contributed by atoms with E-state index in [9.17, 15) is 4.79 Å². The lowest BCUT2D eigenvalue weighted by atomic mass is 9.98. The van der Waals surface area contributed by atoms with E-state index in [-0.39, 0.29) is 16.4 Å². The van der Waals surface area contributed by atoms with Gasteiger partial charge in [0.25, 0.3) is 0 Å². The molecule has 13 heteroatoms. The summed E-state index contributed by atoms with van der Waals surface area (Å²) in [7, 11) is 3.83. The summed E-state index contributed by atoms with van der Waals surface area (Å²) < 4.78 is 3.66. The van der Waals surface area contributed by atoms with Crippen molar-refractivity contribution in [2.24, 2.45) is 14.1 Å². The van der Waals surface area contributed by atoms with Gasteiger partial charge >= 0.3 is 0 Å². The molecule has 260 valence electrons. The van der Waals surface area contributed by atoms with Gasteiger partial charge in [-0.05, 0) is 84.6 Å². The SMILES string of the molecule is Cc1cc(Cl)ccc1C1SCC(=O)Nc2c1c(-c1ccccn1)nn2C.Cc1cc(Cl)ccc1C1SCCNc2c1c(-c1ccccn1)nn2C. The quantitative estimate of drug-likeness (QED) is 0.184. The van der Waals surface area contributed by atoms with Crippen LogP contribution in [0, 0.1) is 13.8 Å². The summed E-state index contributed by atoms with van der Waals surface area (Å²) in [5, 5.41) is 17.6. The second kappa shape index (κ2) is 15.1. The molecule has 6 aromatic rings. The Hall–Kier alpha value is -4.29. The van der Waals surface area contributed by atoms with Crippen LogP contribution in [0.4, 0.5) is 11.6 Å². The minimum Gasteiger partial charge on any atom is -0.369 e. The first-order valence-corrected chi connectivity index (χ1v) is 19.3. The predicted octanol–water partition coefficient (Wildman–Crippen LogP) is 8.91. The number of fused-ring (bicyclic) bond motifs is 2. The van der Waals surface area contributed by atoms with E-state index in [1.54, 1.807) is 22.6 Å². The normalized spacial score (nSPS) is 16.8. The summed E-state index contributed by atoms with van der Waals surface area (Å²) in [4.78, 5) is 21.2. The number of carbonyl (C=O) groups excluding carboxylic acids is 1. The van der Waals surface area contributed by atoms with Crippen molar-refractivity contribution in [2.45, 2.75) is 24.3 Å². The first-order chi connectivity index (χ1) is 24.7. The molecular weight excluding hydrogens is 720 g/mol. The van der Waals surface area contributed by atoms with E-state index in [4.69, 9.17) is 28.3 Å². The third-order valence-electron chi connectivity index (χ3n) is 8.85. The average Bonchev–Trinajstić information content (AvgIpc) is 3.43. The lowest BCUT2D eigenvalue weighted by Crippen LogP contribution is -2.15. The van der Waals surface area contributed by atoms with Crippen molar-refractivity contribution in [1.82, 2.24) is 29.5 Å². The molecule has 2 aliphatic rings. The molecule has 8 rings (SSSR count). The van der Waals surface area contributed by atoms with Crippen molar-refractivity contribution in [1.29, 1.82) is 0 Å². The number of nitrogens with zero attached hydrogens (tertiary/aromatic N) is 6. The number of pyridine rings is 2. The second-order valence-corrected chi connectivity index (χ2v) is 15.5. The average molecular weight is 756 g/mol. The third-order valence-corrected chi connectivity index (χ3v) is 11.8. The molecule has 9 nitrogen and oxygen atoms in total. The van der Waals surface area contributed by atoms with E-state index in [0.717, 1.165) is 68.4 Å². The van der Waals surface area contributed by atoms with Gasteiger partial charge < -0.3 is 10.6 Å². The van der Waals surface area contributed by atoms with Gasteiger partial charge in [-0.1, -0.05) is 47.5 Å². The zero-order valence-electron chi connectivity index (χ0n) is 28.5. The number of nitrogens with one attached hydrogen (secondary N) is 2. The number of thioether (sulfide) groups is 2. The number of hydrogen-bond acceptors (Lipinski definition) is 8. The second-order valence-electron chi connectivity index (χ2n) is 12.3. The molecule has 2 unspecified atom stereocenters. The fraction of sp³-hybridized carbons (Fsp3) is 0.237. The zero-order valence-corrected chi connectivity index (χ0v) is 31.7.